The van der Waals surface area contributed by atoms with Gasteiger partial charge in [0.1, 0.15) is 11.9 Å². The summed E-state index contributed by atoms with van der Waals surface area (Å²) in [6.45, 7) is 7.14. The number of fused-ring (bicyclic) bond motifs is 1. The van der Waals surface area contributed by atoms with E-state index in [-0.39, 0.29) is 12.2 Å². The Morgan fingerprint density at radius 2 is 2.12 bits per heavy atom. The molecular weight excluding hydrogens is 318 g/mol. The Kier molecular flexibility index (Phi) is 4.83. The highest BCUT2D eigenvalue weighted by Crippen LogP contribution is 2.33. The normalized spacial score (nSPS) is 26.7. The van der Waals surface area contributed by atoms with Gasteiger partial charge in [-0.15, -0.1) is 0 Å². The van der Waals surface area contributed by atoms with Crippen LogP contribution in [0.15, 0.2) is 29.0 Å². The summed E-state index contributed by atoms with van der Waals surface area (Å²) < 4.78 is 17.7. The van der Waals surface area contributed by atoms with Crippen molar-refractivity contribution in [1.82, 2.24) is 15.0 Å². The molecule has 25 heavy (non-hydrogen) atoms. The van der Waals surface area contributed by atoms with Crippen LogP contribution in [0.4, 0.5) is 0 Å². The van der Waals surface area contributed by atoms with Crippen LogP contribution in [0.2, 0.25) is 0 Å². The lowest BCUT2D eigenvalue weighted by molar-refractivity contribution is -0.0819. The molecule has 2 aliphatic rings. The van der Waals surface area contributed by atoms with Crippen molar-refractivity contribution < 1.29 is 14.0 Å². The van der Waals surface area contributed by atoms with Gasteiger partial charge in [-0.1, -0.05) is 5.16 Å². The van der Waals surface area contributed by atoms with Crippen molar-refractivity contribution in [1.29, 1.82) is 0 Å². The molecule has 0 spiro atoms. The Hall–Kier alpha value is -1.76. The van der Waals surface area contributed by atoms with Crippen molar-refractivity contribution in [3.05, 3.63) is 47.1 Å². The third kappa shape index (κ3) is 3.47. The number of ether oxygens (including phenoxy) is 2. The van der Waals surface area contributed by atoms with Gasteiger partial charge in [0.05, 0.1) is 18.4 Å². The Morgan fingerprint density at radius 3 is 2.88 bits per heavy atom. The van der Waals surface area contributed by atoms with Gasteiger partial charge in [0.2, 0.25) is 0 Å². The van der Waals surface area contributed by atoms with E-state index in [2.05, 4.69) is 15.0 Å². The van der Waals surface area contributed by atoms with Crippen molar-refractivity contribution in [2.24, 2.45) is 0 Å². The van der Waals surface area contributed by atoms with Crippen LogP contribution in [-0.4, -0.2) is 46.4 Å². The molecule has 0 unspecified atom stereocenters. The summed E-state index contributed by atoms with van der Waals surface area (Å²) in [5.41, 5.74) is 3.32. The van der Waals surface area contributed by atoms with Crippen molar-refractivity contribution in [3.63, 3.8) is 0 Å². The number of likely N-dealkylation sites (tertiary alicyclic amines) is 1. The van der Waals surface area contributed by atoms with Gasteiger partial charge in [-0.3, -0.25) is 9.88 Å². The maximum Gasteiger partial charge on any atom is 0.138 e. The highest BCUT2D eigenvalue weighted by molar-refractivity contribution is 5.21. The fourth-order valence-corrected chi connectivity index (χ4v) is 3.95. The summed E-state index contributed by atoms with van der Waals surface area (Å²) in [6.07, 6.45) is 6.11. The molecule has 0 bridgehead atoms. The van der Waals surface area contributed by atoms with Crippen LogP contribution in [0.1, 0.15) is 35.4 Å². The first-order valence-corrected chi connectivity index (χ1v) is 9.00. The first kappa shape index (κ1) is 16.7. The topological polar surface area (TPSA) is 60.6 Å². The average Bonchev–Trinajstić information content (AvgIpc) is 3.16. The lowest BCUT2D eigenvalue weighted by Crippen LogP contribution is -2.41. The van der Waals surface area contributed by atoms with Gasteiger partial charge < -0.3 is 14.0 Å². The summed E-state index contributed by atoms with van der Waals surface area (Å²) in [7, 11) is 0. The predicted octanol–water partition coefficient (Wildman–Crippen LogP) is 2.64. The van der Waals surface area contributed by atoms with Crippen LogP contribution in [0.5, 0.6) is 0 Å². The number of rotatable bonds is 5. The number of aromatic nitrogens is 2. The molecule has 0 radical (unpaired) electrons. The Bertz CT molecular complexity index is 684. The third-order valence-corrected chi connectivity index (χ3v) is 5.34. The van der Waals surface area contributed by atoms with Gasteiger partial charge in [0.25, 0.3) is 0 Å². The molecule has 2 fully saturated rings. The van der Waals surface area contributed by atoms with Crippen LogP contribution in [-0.2, 0) is 22.6 Å². The highest BCUT2D eigenvalue weighted by atomic mass is 16.5. The molecule has 0 aromatic carbocycles. The summed E-state index contributed by atoms with van der Waals surface area (Å²) in [5, 5.41) is 4.09. The second-order valence-electron chi connectivity index (χ2n) is 6.98. The molecule has 0 aliphatic carbocycles. The van der Waals surface area contributed by atoms with E-state index in [1.807, 2.05) is 26.0 Å². The molecule has 2 aromatic rings. The second kappa shape index (κ2) is 7.23. The molecule has 2 aliphatic heterocycles. The Balaban J connectivity index is 1.46. The highest BCUT2D eigenvalue weighted by Gasteiger charge is 2.44. The summed E-state index contributed by atoms with van der Waals surface area (Å²) in [5.74, 6) is 0.909. The SMILES string of the molecule is Cc1noc(C)c1CN1C[C@@H](OCc2ccncc2)[C@@H]2OCCC[C@@H]21. The molecule has 2 saturated heterocycles. The van der Waals surface area contributed by atoms with Gasteiger partial charge in [0.15, 0.2) is 0 Å². The van der Waals surface area contributed by atoms with Crippen molar-refractivity contribution >= 4 is 0 Å². The van der Waals surface area contributed by atoms with E-state index in [0.717, 1.165) is 49.6 Å². The molecule has 4 rings (SSSR count). The number of nitrogens with zero attached hydrogens (tertiary/aromatic N) is 3. The van der Waals surface area contributed by atoms with E-state index in [9.17, 15) is 0 Å². The summed E-state index contributed by atoms with van der Waals surface area (Å²) in [6, 6.07) is 4.40. The lowest BCUT2D eigenvalue weighted by Gasteiger charge is -2.32. The van der Waals surface area contributed by atoms with Gasteiger partial charge in [-0.05, 0) is 44.4 Å². The first-order chi connectivity index (χ1) is 12.2. The largest absolute Gasteiger partial charge is 0.374 e. The first-order valence-electron chi connectivity index (χ1n) is 9.00. The molecule has 4 heterocycles. The van der Waals surface area contributed by atoms with Crippen molar-refractivity contribution in [2.75, 3.05) is 13.2 Å². The maximum absolute atomic E-state index is 6.23. The fraction of sp³-hybridized carbons (Fsp3) is 0.579. The van der Waals surface area contributed by atoms with Gasteiger partial charge in [-0.2, -0.15) is 0 Å². The van der Waals surface area contributed by atoms with E-state index in [4.69, 9.17) is 14.0 Å². The van der Waals surface area contributed by atoms with Crippen LogP contribution in [0, 0.1) is 13.8 Å². The zero-order valence-electron chi connectivity index (χ0n) is 14.9. The number of pyridine rings is 1. The van der Waals surface area contributed by atoms with Crippen molar-refractivity contribution in [3.8, 4) is 0 Å². The van der Waals surface area contributed by atoms with Crippen molar-refractivity contribution in [2.45, 2.75) is 58.1 Å². The van der Waals surface area contributed by atoms with Crippen LogP contribution in [0.25, 0.3) is 0 Å². The number of aryl methyl sites for hydroxylation is 2. The van der Waals surface area contributed by atoms with Gasteiger partial charge >= 0.3 is 0 Å². The smallest absolute Gasteiger partial charge is 0.138 e. The van der Waals surface area contributed by atoms with Crippen LogP contribution < -0.4 is 0 Å². The van der Waals surface area contributed by atoms with Crippen LogP contribution >= 0.6 is 0 Å². The lowest BCUT2D eigenvalue weighted by atomic mass is 10.0. The molecule has 6 heteroatoms. The predicted molar refractivity (Wildman–Crippen MR) is 92.0 cm³/mol. The van der Waals surface area contributed by atoms with E-state index in [0.29, 0.717) is 12.6 Å². The fourth-order valence-electron chi connectivity index (χ4n) is 3.95. The minimum Gasteiger partial charge on any atom is -0.374 e. The standard InChI is InChI=1S/C19H25N3O3/c1-13-16(14(2)25-21-13)10-22-11-18(19-17(22)4-3-9-23-19)24-12-15-5-7-20-8-6-15/h5-8,17-19H,3-4,9-12H2,1-2H3/t17-,18+,19+/m0/s1. The molecular formula is C19H25N3O3. The van der Waals surface area contributed by atoms with E-state index in [1.54, 1.807) is 12.4 Å². The summed E-state index contributed by atoms with van der Waals surface area (Å²) >= 11 is 0. The molecule has 134 valence electrons. The number of hydrogen-bond donors (Lipinski definition) is 0. The monoisotopic (exact) mass is 343 g/mol. The minimum absolute atomic E-state index is 0.0962. The quantitative estimate of drug-likeness (QED) is 0.832. The van der Waals surface area contributed by atoms with Gasteiger partial charge in [-0.25, -0.2) is 0 Å². The van der Waals surface area contributed by atoms with E-state index < -0.39 is 0 Å². The van der Waals surface area contributed by atoms with E-state index in [1.165, 1.54) is 5.56 Å². The van der Waals surface area contributed by atoms with Crippen LogP contribution in [0.3, 0.4) is 0 Å². The van der Waals surface area contributed by atoms with Gasteiger partial charge in [0, 0.05) is 43.7 Å². The minimum atomic E-state index is 0.0962. The maximum atomic E-state index is 6.23. The number of hydrogen-bond acceptors (Lipinski definition) is 6. The molecule has 3 atom stereocenters. The third-order valence-electron chi connectivity index (χ3n) is 5.34. The zero-order valence-corrected chi connectivity index (χ0v) is 14.9. The zero-order chi connectivity index (χ0) is 17.2. The Morgan fingerprint density at radius 1 is 1.28 bits per heavy atom. The molecule has 2 aromatic heterocycles. The molecule has 0 saturated carbocycles. The second-order valence-corrected chi connectivity index (χ2v) is 6.98. The summed E-state index contributed by atoms with van der Waals surface area (Å²) in [4.78, 5) is 6.54. The van der Waals surface area contributed by atoms with E-state index >= 15 is 0 Å². The molecule has 0 N–H and O–H groups in total. The molecule has 6 nitrogen and oxygen atoms in total. The average molecular weight is 343 g/mol. The Labute approximate surface area is 148 Å². The molecule has 0 amide bonds.